The summed E-state index contributed by atoms with van der Waals surface area (Å²) < 4.78 is 5.90. The molecule has 16 heavy (non-hydrogen) atoms. The van der Waals surface area contributed by atoms with Crippen LogP contribution in [0.15, 0.2) is 18.2 Å². The molecule has 88 valence electrons. The second kappa shape index (κ2) is 4.24. The van der Waals surface area contributed by atoms with E-state index in [0.29, 0.717) is 5.02 Å². The van der Waals surface area contributed by atoms with Crippen molar-refractivity contribution in [2.24, 2.45) is 0 Å². The molecule has 1 aromatic carbocycles. The molecule has 1 atom stereocenters. The molecule has 0 radical (unpaired) electrons. The molecule has 0 saturated carbocycles. The summed E-state index contributed by atoms with van der Waals surface area (Å²) in [6, 6.07) is 5.88. The highest BCUT2D eigenvalue weighted by Gasteiger charge is 2.34. The highest BCUT2D eigenvalue weighted by Crippen LogP contribution is 2.43. The first-order valence-corrected chi connectivity index (χ1v) is 5.67. The second-order valence-electron chi connectivity index (χ2n) is 4.60. The zero-order valence-corrected chi connectivity index (χ0v) is 10.5. The van der Waals surface area contributed by atoms with E-state index in [4.69, 9.17) is 21.2 Å². The van der Waals surface area contributed by atoms with Crippen molar-refractivity contribution < 1.29 is 9.57 Å². The van der Waals surface area contributed by atoms with Crippen molar-refractivity contribution in [3.63, 3.8) is 0 Å². The zero-order valence-electron chi connectivity index (χ0n) is 9.71. The Bertz CT molecular complexity index is 393. The second-order valence-corrected chi connectivity index (χ2v) is 5.01. The molecule has 1 N–H and O–H groups in total. The van der Waals surface area contributed by atoms with Crippen LogP contribution in [0.4, 0.5) is 0 Å². The van der Waals surface area contributed by atoms with Gasteiger partial charge in [0.2, 0.25) is 0 Å². The highest BCUT2D eigenvalue weighted by molar-refractivity contribution is 6.32. The van der Waals surface area contributed by atoms with E-state index in [1.54, 1.807) is 7.11 Å². The predicted octanol–water partition coefficient (Wildman–Crippen LogP) is 3.09. The molecule has 1 aromatic rings. The van der Waals surface area contributed by atoms with Gasteiger partial charge in [0.05, 0.1) is 18.2 Å². The van der Waals surface area contributed by atoms with Gasteiger partial charge in [0.15, 0.2) is 0 Å². The molecule has 1 aliphatic rings. The molecule has 3 nitrogen and oxygen atoms in total. The molecule has 1 unspecified atom stereocenters. The van der Waals surface area contributed by atoms with Crippen LogP contribution in [0.25, 0.3) is 0 Å². The van der Waals surface area contributed by atoms with E-state index in [1.807, 2.05) is 32.0 Å². The molecular formula is C12H16ClNO2. The fourth-order valence-electron chi connectivity index (χ4n) is 2.07. The molecule has 4 heteroatoms. The molecule has 1 aliphatic heterocycles. The van der Waals surface area contributed by atoms with Gasteiger partial charge >= 0.3 is 0 Å². The Balaban J connectivity index is 2.42. The summed E-state index contributed by atoms with van der Waals surface area (Å²) >= 11 is 6.14. The number of hydroxylamine groups is 1. The largest absolute Gasteiger partial charge is 0.486 e. The summed E-state index contributed by atoms with van der Waals surface area (Å²) in [5, 5.41) is 0.646. The third kappa shape index (κ3) is 2.17. The third-order valence-corrected chi connectivity index (χ3v) is 3.00. The molecule has 0 amide bonds. The smallest absolute Gasteiger partial charge is 0.143 e. The summed E-state index contributed by atoms with van der Waals surface area (Å²) in [7, 11) is 1.62. The molecular weight excluding hydrogens is 226 g/mol. The lowest BCUT2D eigenvalue weighted by molar-refractivity contribution is 0.00305. The van der Waals surface area contributed by atoms with Crippen molar-refractivity contribution in [1.29, 1.82) is 0 Å². The Morgan fingerprint density at radius 2 is 2.25 bits per heavy atom. The minimum Gasteiger partial charge on any atom is -0.486 e. The van der Waals surface area contributed by atoms with Gasteiger partial charge < -0.3 is 9.57 Å². The van der Waals surface area contributed by atoms with Gasteiger partial charge in [-0.15, -0.1) is 0 Å². The Morgan fingerprint density at radius 1 is 1.50 bits per heavy atom. The summed E-state index contributed by atoms with van der Waals surface area (Å²) in [6.07, 6.45) is 0.841. The van der Waals surface area contributed by atoms with Crippen molar-refractivity contribution in [1.82, 2.24) is 5.48 Å². The van der Waals surface area contributed by atoms with Crippen LogP contribution in [0.2, 0.25) is 5.02 Å². The van der Waals surface area contributed by atoms with E-state index in [-0.39, 0.29) is 11.6 Å². The maximum atomic E-state index is 6.14. The van der Waals surface area contributed by atoms with Gasteiger partial charge in [0.1, 0.15) is 11.4 Å². The van der Waals surface area contributed by atoms with Crippen LogP contribution in [0.1, 0.15) is 31.9 Å². The number of benzene rings is 1. The Kier molecular flexibility index (Phi) is 3.10. The average molecular weight is 242 g/mol. The molecule has 2 rings (SSSR count). The molecule has 0 aliphatic carbocycles. The summed E-state index contributed by atoms with van der Waals surface area (Å²) in [5.41, 5.74) is 3.79. The van der Waals surface area contributed by atoms with Gasteiger partial charge in [-0.25, -0.2) is 0 Å². The van der Waals surface area contributed by atoms with Gasteiger partial charge in [-0.3, -0.25) is 0 Å². The molecule has 0 bridgehead atoms. The number of nitrogens with one attached hydrogen (secondary N) is 1. The lowest BCUT2D eigenvalue weighted by atomic mass is 9.90. The van der Waals surface area contributed by atoms with Gasteiger partial charge in [0, 0.05) is 12.0 Å². The Labute approximate surface area is 101 Å². The lowest BCUT2D eigenvalue weighted by Crippen LogP contribution is -2.39. The quantitative estimate of drug-likeness (QED) is 0.808. The van der Waals surface area contributed by atoms with Crippen LogP contribution < -0.4 is 10.2 Å². The average Bonchev–Trinajstić information content (AvgIpc) is 2.19. The first-order valence-electron chi connectivity index (χ1n) is 5.29. The summed E-state index contributed by atoms with van der Waals surface area (Å²) in [6.45, 7) is 4.09. The van der Waals surface area contributed by atoms with E-state index in [2.05, 4.69) is 5.48 Å². The minimum absolute atomic E-state index is 0.113. The lowest BCUT2D eigenvalue weighted by Gasteiger charge is -2.37. The van der Waals surface area contributed by atoms with Crippen LogP contribution in [0.3, 0.4) is 0 Å². The van der Waals surface area contributed by atoms with Crippen LogP contribution in [0, 0.1) is 0 Å². The number of hydrogen-bond donors (Lipinski definition) is 1. The Hall–Kier alpha value is -0.770. The van der Waals surface area contributed by atoms with E-state index >= 15 is 0 Å². The first-order chi connectivity index (χ1) is 7.53. The normalized spacial score (nSPS) is 22.4. The first kappa shape index (κ1) is 11.7. The third-order valence-electron chi connectivity index (χ3n) is 2.71. The standard InChI is InChI=1S/C12H16ClNO2/c1-12(2)7-10(14-15-3)8-5-4-6-9(13)11(8)16-12/h4-6,10,14H,7H2,1-3H3. The number of ether oxygens (including phenoxy) is 1. The number of fused-ring (bicyclic) bond motifs is 1. The minimum atomic E-state index is -0.242. The van der Waals surface area contributed by atoms with E-state index in [0.717, 1.165) is 17.7 Å². The van der Waals surface area contributed by atoms with Crippen LogP contribution in [0.5, 0.6) is 5.75 Å². The maximum absolute atomic E-state index is 6.14. The molecule has 0 aromatic heterocycles. The van der Waals surface area contributed by atoms with Crippen molar-refractivity contribution in [3.8, 4) is 5.75 Å². The number of para-hydroxylation sites is 1. The maximum Gasteiger partial charge on any atom is 0.143 e. The summed E-state index contributed by atoms with van der Waals surface area (Å²) in [5.74, 6) is 0.759. The van der Waals surface area contributed by atoms with Crippen molar-refractivity contribution in [2.45, 2.75) is 31.9 Å². The van der Waals surface area contributed by atoms with Crippen LogP contribution in [-0.2, 0) is 4.84 Å². The van der Waals surface area contributed by atoms with Crippen LogP contribution >= 0.6 is 11.6 Å². The van der Waals surface area contributed by atoms with Crippen molar-refractivity contribution in [3.05, 3.63) is 28.8 Å². The van der Waals surface area contributed by atoms with Crippen LogP contribution in [-0.4, -0.2) is 12.7 Å². The zero-order chi connectivity index (χ0) is 11.8. The fraction of sp³-hybridized carbons (Fsp3) is 0.500. The molecule has 1 heterocycles. The van der Waals surface area contributed by atoms with E-state index in [1.165, 1.54) is 0 Å². The van der Waals surface area contributed by atoms with E-state index < -0.39 is 0 Å². The molecule has 0 spiro atoms. The highest BCUT2D eigenvalue weighted by atomic mass is 35.5. The van der Waals surface area contributed by atoms with Gasteiger partial charge in [-0.1, -0.05) is 23.7 Å². The Morgan fingerprint density at radius 3 is 2.94 bits per heavy atom. The van der Waals surface area contributed by atoms with Gasteiger partial charge in [0.25, 0.3) is 0 Å². The number of hydrogen-bond acceptors (Lipinski definition) is 3. The molecule has 0 saturated heterocycles. The fourth-order valence-corrected chi connectivity index (χ4v) is 2.29. The van der Waals surface area contributed by atoms with E-state index in [9.17, 15) is 0 Å². The summed E-state index contributed by atoms with van der Waals surface area (Å²) in [4.78, 5) is 5.02. The van der Waals surface area contributed by atoms with Gasteiger partial charge in [-0.05, 0) is 19.9 Å². The van der Waals surface area contributed by atoms with Gasteiger partial charge in [-0.2, -0.15) is 5.48 Å². The predicted molar refractivity (Wildman–Crippen MR) is 63.7 cm³/mol. The number of rotatable bonds is 2. The molecule has 0 fully saturated rings. The van der Waals surface area contributed by atoms with Crippen molar-refractivity contribution in [2.75, 3.05) is 7.11 Å². The SMILES string of the molecule is CONC1CC(C)(C)Oc2c(Cl)cccc21. The topological polar surface area (TPSA) is 30.5 Å². The van der Waals surface area contributed by atoms with Crippen molar-refractivity contribution >= 4 is 11.6 Å². The monoisotopic (exact) mass is 241 g/mol. The number of halogens is 1.